The summed E-state index contributed by atoms with van der Waals surface area (Å²) in [4.78, 5) is 146. The van der Waals surface area contributed by atoms with Crippen molar-refractivity contribution in [1.82, 2.24) is 60.0 Å². The van der Waals surface area contributed by atoms with E-state index in [1.165, 1.54) is 19.6 Å². The average molecular weight is 1270 g/mol. The van der Waals surface area contributed by atoms with Crippen LogP contribution >= 0.6 is 0 Å². The van der Waals surface area contributed by atoms with E-state index in [-0.39, 0.29) is 91.4 Å². The maximum absolute atomic E-state index is 13.9. The van der Waals surface area contributed by atoms with Crippen LogP contribution in [0.25, 0.3) is 44.4 Å². The molecule has 0 spiro atoms. The zero-order chi connectivity index (χ0) is 67.2. The molecule has 30 nitrogen and oxygen atoms in total. The predicted molar refractivity (Wildman–Crippen MR) is 333 cm³/mol. The van der Waals surface area contributed by atoms with Gasteiger partial charge in [-0.25, -0.2) is 9.97 Å². The number of hydrogen-bond donors (Lipinski definition) is 12. The number of carbonyl (C=O) groups is 10. The van der Waals surface area contributed by atoms with Crippen molar-refractivity contribution in [2.75, 3.05) is 118 Å². The second-order valence-electron chi connectivity index (χ2n) is 22.3. The number of carboxylic acid groups (broad SMARTS) is 8. The van der Waals surface area contributed by atoms with Gasteiger partial charge in [-0.3, -0.25) is 77.3 Å². The van der Waals surface area contributed by atoms with Crippen LogP contribution in [0.4, 0.5) is 0 Å². The molecule has 12 N–H and O–H groups in total. The molecule has 0 fully saturated rings. The first kappa shape index (κ1) is 72.8. The van der Waals surface area contributed by atoms with E-state index in [1.807, 2.05) is 45.9 Å². The monoisotopic (exact) mass is 1270 g/mol. The van der Waals surface area contributed by atoms with Crippen molar-refractivity contribution in [3.8, 4) is 0 Å². The van der Waals surface area contributed by atoms with Gasteiger partial charge in [0.1, 0.15) is 0 Å². The molecule has 3 aromatic rings. The van der Waals surface area contributed by atoms with E-state index in [2.05, 4.69) is 40.5 Å². The van der Waals surface area contributed by atoms with Gasteiger partial charge >= 0.3 is 47.8 Å². The summed E-state index contributed by atoms with van der Waals surface area (Å²) in [7, 11) is 0. The fourth-order valence-corrected chi connectivity index (χ4v) is 11.2. The van der Waals surface area contributed by atoms with Gasteiger partial charge in [0.2, 0.25) is 11.8 Å². The summed E-state index contributed by atoms with van der Waals surface area (Å²) in [5.41, 5.74) is 13.1. The Balaban J connectivity index is 1.48. The Morgan fingerprint density at radius 1 is 0.374 bits per heavy atom. The van der Waals surface area contributed by atoms with Crippen molar-refractivity contribution in [1.29, 1.82) is 0 Å². The molecule has 2 aliphatic rings. The van der Waals surface area contributed by atoms with E-state index in [4.69, 9.17) is 9.97 Å². The number of aromatic nitrogens is 4. The molecule has 0 atom stereocenters. The summed E-state index contributed by atoms with van der Waals surface area (Å²) < 4.78 is 0. The molecule has 496 valence electrons. The Kier molecular flexibility index (Phi) is 27.9. The highest BCUT2D eigenvalue weighted by atomic mass is 16.4. The van der Waals surface area contributed by atoms with Crippen molar-refractivity contribution >= 4 is 104 Å². The van der Waals surface area contributed by atoms with Crippen LogP contribution in [0.15, 0.2) is 24.3 Å². The number of amides is 2. The largest absolute Gasteiger partial charge is 0.480 e. The van der Waals surface area contributed by atoms with Crippen LogP contribution in [0.3, 0.4) is 0 Å². The topological polar surface area (TPSA) is 433 Å². The lowest BCUT2D eigenvalue weighted by molar-refractivity contribution is -0.144. The molecule has 30 heteroatoms. The van der Waals surface area contributed by atoms with Gasteiger partial charge < -0.3 is 61.5 Å². The fraction of sp³-hybridized carbons (Fsp3) is 0.508. The Morgan fingerprint density at radius 2 is 0.703 bits per heavy atom. The minimum Gasteiger partial charge on any atom is -0.480 e. The first-order chi connectivity index (χ1) is 43.1. The zero-order valence-corrected chi connectivity index (χ0v) is 52.2. The number of H-pyrrole nitrogens is 2. The van der Waals surface area contributed by atoms with Crippen molar-refractivity contribution < 1.29 is 88.8 Å². The number of aromatic amines is 2. The smallest absolute Gasteiger partial charge is 0.317 e. The van der Waals surface area contributed by atoms with E-state index < -0.39 is 112 Å². The van der Waals surface area contributed by atoms with Gasteiger partial charge in [0.15, 0.2) is 0 Å². The lowest BCUT2D eigenvalue weighted by atomic mass is 9.99. The quantitative estimate of drug-likeness (QED) is 0.0363. The lowest BCUT2D eigenvalue weighted by Gasteiger charge is -2.28. The SMILES string of the molecule is CCC1=C(C)c2cc3[nH]c(cc4[nH]c(cc5nc(cc1n2)C(C)=C5CCC(=O)NCN(CCN(CCN(CC(=O)O)CC(=O)O)CC(=O)O)CC(=O)O)c(CCC(=O)NCN(CCN(CCN(CC(=O)O)CC(=O)O)CC(=O)O)CC(=O)O)c4CC)c(C)c3CC. The molecule has 2 amide bonds. The Hall–Kier alpha value is -8.94. The number of aliphatic carboxylic acids is 8. The van der Waals surface area contributed by atoms with Gasteiger partial charge in [-0.05, 0) is 122 Å². The van der Waals surface area contributed by atoms with Crippen LogP contribution in [-0.4, -0.2) is 268 Å². The summed E-state index contributed by atoms with van der Waals surface area (Å²) in [5.74, 6) is -10.9. The fourth-order valence-electron chi connectivity index (χ4n) is 11.2. The van der Waals surface area contributed by atoms with Crippen LogP contribution in [0.2, 0.25) is 0 Å². The molecule has 5 rings (SSSR count). The number of carboxylic acids is 8. The summed E-state index contributed by atoms with van der Waals surface area (Å²) in [6.07, 6.45) is 2.09. The molecule has 5 heterocycles. The number of allylic oxidation sites excluding steroid dienone is 4. The van der Waals surface area contributed by atoms with Crippen molar-refractivity contribution in [2.45, 2.75) is 86.5 Å². The van der Waals surface area contributed by atoms with Gasteiger partial charge in [-0.15, -0.1) is 0 Å². The van der Waals surface area contributed by atoms with E-state index >= 15 is 0 Å². The highest BCUT2D eigenvalue weighted by molar-refractivity contribution is 5.96. The molecule has 91 heavy (non-hydrogen) atoms. The highest BCUT2D eigenvalue weighted by Gasteiger charge is 2.25. The Bertz CT molecular complexity index is 3410. The number of rotatable bonds is 41. The van der Waals surface area contributed by atoms with Crippen LogP contribution in [0.1, 0.15) is 105 Å². The average Bonchev–Trinajstić information content (AvgIpc) is 1.64. The third-order valence-corrected chi connectivity index (χ3v) is 15.7. The van der Waals surface area contributed by atoms with Crippen LogP contribution in [0, 0.1) is 6.92 Å². The third-order valence-electron chi connectivity index (χ3n) is 15.7. The number of nitrogens with one attached hydrogen (secondary N) is 4. The highest BCUT2D eigenvalue weighted by Crippen LogP contribution is 2.38. The Labute approximate surface area is 524 Å². The molecule has 0 saturated carbocycles. The summed E-state index contributed by atoms with van der Waals surface area (Å²) in [6.45, 7) is 6.61. The van der Waals surface area contributed by atoms with E-state index in [0.717, 1.165) is 83.1 Å². The molecule has 8 bridgehead atoms. The van der Waals surface area contributed by atoms with E-state index in [9.17, 15) is 88.8 Å². The molecule has 0 radical (unpaired) electrons. The van der Waals surface area contributed by atoms with Crippen LogP contribution in [0.5, 0.6) is 0 Å². The van der Waals surface area contributed by atoms with Gasteiger partial charge in [0.25, 0.3) is 0 Å². The number of fused-ring (bicyclic) bond motifs is 8. The van der Waals surface area contributed by atoms with Crippen LogP contribution in [-0.2, 0) is 67.2 Å². The molecular weight excluding hydrogens is 1190 g/mol. The number of nitrogens with zero attached hydrogens (tertiary/aromatic N) is 8. The molecule has 0 saturated heterocycles. The molecule has 0 unspecified atom stereocenters. The standard InChI is InChI=1S/C61H84N12O18/c1-7-39-36(4)44-22-47-40(8-2)37(5)45(65-47)24-49-41(9-3)43(11-13-53(75)63-35-73(33-61(90)91)21-17-69(27-55(78)79)15-19-71(30-58(84)85)31-59(86)87)51(67-49)25-50-42(38(6)46(66-50)23-48(39)64-44)10-12-52(74)62-34-72(32-60(88)89)20-16-68(26-54(76)77)14-18-70(28-56(80)81)29-57(82)83/h22-25,65,67H,7-21,26-35H2,1-6H3,(H,62,74)(H,63,75)(H,76,77)(H,78,79)(H,80,81)(H,82,83)(H,84,85)(H,86,87)(H,88,89)(H,90,91). The number of hydrogen-bond acceptors (Lipinski definition) is 18. The Morgan fingerprint density at radius 3 is 1.13 bits per heavy atom. The van der Waals surface area contributed by atoms with Gasteiger partial charge in [-0.1, -0.05) is 20.8 Å². The van der Waals surface area contributed by atoms with Crippen molar-refractivity contribution in [2.24, 2.45) is 0 Å². The third kappa shape index (κ3) is 22.8. The minimum atomic E-state index is -1.28. The van der Waals surface area contributed by atoms with Crippen LogP contribution < -0.4 is 10.6 Å². The van der Waals surface area contributed by atoms with E-state index in [0.29, 0.717) is 35.3 Å². The first-order valence-corrected chi connectivity index (χ1v) is 29.9. The van der Waals surface area contributed by atoms with Gasteiger partial charge in [-0.2, -0.15) is 0 Å². The van der Waals surface area contributed by atoms with E-state index in [1.54, 1.807) is 0 Å². The second-order valence-corrected chi connectivity index (χ2v) is 22.3. The first-order valence-electron chi connectivity index (χ1n) is 29.9. The van der Waals surface area contributed by atoms with Crippen molar-refractivity contribution in [3.05, 3.63) is 69.3 Å². The predicted octanol–water partition coefficient (Wildman–Crippen LogP) is 2.37. The summed E-state index contributed by atoms with van der Waals surface area (Å²) in [6, 6.07) is 7.89. The van der Waals surface area contributed by atoms with Crippen molar-refractivity contribution in [3.63, 3.8) is 0 Å². The maximum atomic E-state index is 13.9. The molecule has 2 aliphatic heterocycles. The van der Waals surface area contributed by atoms with Gasteiger partial charge in [0, 0.05) is 87.3 Å². The molecule has 3 aromatic heterocycles. The maximum Gasteiger partial charge on any atom is 0.317 e. The number of carbonyl (C=O) groups excluding carboxylic acids is 2. The lowest BCUT2D eigenvalue weighted by Crippen LogP contribution is -2.47. The molecule has 0 aromatic carbocycles. The summed E-state index contributed by atoms with van der Waals surface area (Å²) in [5, 5.41) is 81.6. The minimum absolute atomic E-state index is 0.0291. The molecule has 0 aliphatic carbocycles. The summed E-state index contributed by atoms with van der Waals surface area (Å²) >= 11 is 0. The molecular formula is C61H84N12O18. The second kappa shape index (κ2) is 34.9. The number of aryl methyl sites for hydroxylation is 4. The van der Waals surface area contributed by atoms with Gasteiger partial charge in [0.05, 0.1) is 88.5 Å². The normalized spacial score (nSPS) is 12.5. The zero-order valence-electron chi connectivity index (χ0n) is 52.2.